The molecule has 0 radical (unpaired) electrons. The van der Waals surface area contributed by atoms with Crippen LogP contribution in [0.1, 0.15) is 11.4 Å². The van der Waals surface area contributed by atoms with Crippen molar-refractivity contribution in [1.29, 1.82) is 0 Å². The maximum absolute atomic E-state index is 13.5. The molecule has 0 saturated heterocycles. The van der Waals surface area contributed by atoms with Gasteiger partial charge in [-0.2, -0.15) is 0 Å². The Labute approximate surface area is 146 Å². The fourth-order valence-electron chi connectivity index (χ4n) is 2.07. The van der Waals surface area contributed by atoms with Crippen LogP contribution < -0.4 is 5.32 Å². The number of carbonyl (C=O) groups excluding carboxylic acids is 1. The van der Waals surface area contributed by atoms with E-state index in [4.69, 9.17) is 0 Å². The molecule has 0 fully saturated rings. The van der Waals surface area contributed by atoms with Gasteiger partial charge in [0, 0.05) is 24.4 Å². The molecule has 0 aliphatic rings. The monoisotopic (exact) mass is 361 g/mol. The van der Waals surface area contributed by atoms with Crippen molar-refractivity contribution in [3.63, 3.8) is 0 Å². The van der Waals surface area contributed by atoms with Crippen LogP contribution in [0.4, 0.5) is 8.78 Å². The Kier molecular flexibility index (Phi) is 5.13. The van der Waals surface area contributed by atoms with Crippen molar-refractivity contribution in [2.24, 2.45) is 0 Å². The van der Waals surface area contributed by atoms with Crippen LogP contribution in [0.3, 0.4) is 0 Å². The van der Waals surface area contributed by atoms with E-state index in [-0.39, 0.29) is 23.8 Å². The highest BCUT2D eigenvalue weighted by Gasteiger charge is 2.10. The molecule has 0 unspecified atom stereocenters. The summed E-state index contributed by atoms with van der Waals surface area (Å²) < 4.78 is 26.4. The summed E-state index contributed by atoms with van der Waals surface area (Å²) in [7, 11) is 0. The van der Waals surface area contributed by atoms with Crippen molar-refractivity contribution < 1.29 is 13.6 Å². The Hall–Kier alpha value is -2.68. The number of nitrogens with zero attached hydrogens (tertiary/aromatic N) is 4. The number of hydrogen-bond donors (Lipinski definition) is 1. The van der Waals surface area contributed by atoms with E-state index in [2.05, 4.69) is 25.3 Å². The van der Waals surface area contributed by atoms with Crippen LogP contribution in [-0.2, 0) is 11.3 Å². The first-order chi connectivity index (χ1) is 12.0. The summed E-state index contributed by atoms with van der Waals surface area (Å²) in [5.41, 5.74) is 0.731. The van der Waals surface area contributed by atoms with Crippen molar-refractivity contribution >= 4 is 28.7 Å². The topological polar surface area (TPSA) is 80.7 Å². The fourth-order valence-corrected chi connectivity index (χ4v) is 2.86. The van der Waals surface area contributed by atoms with Gasteiger partial charge in [-0.15, -0.1) is 0 Å². The van der Waals surface area contributed by atoms with Gasteiger partial charge in [-0.3, -0.25) is 4.79 Å². The number of halogens is 2. The van der Waals surface area contributed by atoms with Gasteiger partial charge in [-0.05, 0) is 13.0 Å². The summed E-state index contributed by atoms with van der Waals surface area (Å²) in [6.07, 6.45) is 2.99. The molecule has 2 heterocycles. The quantitative estimate of drug-likeness (QED) is 0.555. The summed E-state index contributed by atoms with van der Waals surface area (Å²) >= 11 is 1.21. The molecule has 2 aromatic heterocycles. The van der Waals surface area contributed by atoms with E-state index in [9.17, 15) is 13.6 Å². The molecule has 0 saturated carbocycles. The first-order valence-corrected chi connectivity index (χ1v) is 8.29. The van der Waals surface area contributed by atoms with Crippen molar-refractivity contribution in [3.05, 3.63) is 53.7 Å². The zero-order valence-corrected chi connectivity index (χ0v) is 14.0. The standard InChI is InChI=1S/C16H13F2N5OS/c1-9-19-6-12-15(23-9)21-8-22-16(12)25-7-14(24)20-5-10-2-3-11(17)4-13(10)18/h2-4,6,8H,5,7H2,1H3,(H,20,24). The summed E-state index contributed by atoms with van der Waals surface area (Å²) in [5, 5.41) is 3.84. The molecule has 0 aliphatic heterocycles. The van der Waals surface area contributed by atoms with Crippen LogP contribution in [0.5, 0.6) is 0 Å². The zero-order valence-electron chi connectivity index (χ0n) is 13.2. The van der Waals surface area contributed by atoms with Gasteiger partial charge < -0.3 is 5.32 Å². The number of thioether (sulfide) groups is 1. The first-order valence-electron chi connectivity index (χ1n) is 7.30. The number of benzene rings is 1. The molecular weight excluding hydrogens is 348 g/mol. The lowest BCUT2D eigenvalue weighted by Gasteiger charge is -2.07. The van der Waals surface area contributed by atoms with E-state index >= 15 is 0 Å². The maximum Gasteiger partial charge on any atom is 0.230 e. The van der Waals surface area contributed by atoms with Gasteiger partial charge in [-0.1, -0.05) is 17.8 Å². The molecule has 3 aromatic rings. The Balaban J connectivity index is 1.61. The Bertz CT molecular complexity index is 938. The SMILES string of the molecule is Cc1ncc2c(SCC(=O)NCc3ccc(F)cc3F)ncnc2n1. The number of rotatable bonds is 5. The molecule has 3 rings (SSSR count). The molecule has 6 nitrogen and oxygen atoms in total. The first kappa shape index (κ1) is 17.2. The Morgan fingerprint density at radius 3 is 2.88 bits per heavy atom. The number of aryl methyl sites for hydroxylation is 1. The molecule has 0 spiro atoms. The molecule has 1 N–H and O–H groups in total. The number of carbonyl (C=O) groups is 1. The minimum atomic E-state index is -0.692. The molecule has 0 aliphatic carbocycles. The van der Waals surface area contributed by atoms with Crippen LogP contribution in [0.25, 0.3) is 11.0 Å². The van der Waals surface area contributed by atoms with Gasteiger partial charge in [0.1, 0.15) is 28.8 Å². The third kappa shape index (κ3) is 4.24. The van der Waals surface area contributed by atoms with Gasteiger partial charge in [0.15, 0.2) is 5.65 Å². The summed E-state index contributed by atoms with van der Waals surface area (Å²) in [5.74, 6) is -0.962. The highest BCUT2D eigenvalue weighted by Crippen LogP contribution is 2.22. The van der Waals surface area contributed by atoms with Crippen LogP contribution in [0, 0.1) is 18.6 Å². The smallest absolute Gasteiger partial charge is 0.230 e. The average Bonchev–Trinajstić information content (AvgIpc) is 2.58. The average molecular weight is 361 g/mol. The largest absolute Gasteiger partial charge is 0.351 e. The number of amides is 1. The van der Waals surface area contributed by atoms with E-state index in [1.54, 1.807) is 13.1 Å². The third-order valence-electron chi connectivity index (χ3n) is 3.31. The van der Waals surface area contributed by atoms with Crippen molar-refractivity contribution in [2.75, 3.05) is 5.75 Å². The van der Waals surface area contributed by atoms with Crippen molar-refractivity contribution in [3.8, 4) is 0 Å². The van der Waals surface area contributed by atoms with Crippen molar-refractivity contribution in [2.45, 2.75) is 18.5 Å². The van der Waals surface area contributed by atoms with E-state index in [1.807, 2.05) is 0 Å². The number of fused-ring (bicyclic) bond motifs is 1. The zero-order chi connectivity index (χ0) is 17.8. The summed E-state index contributed by atoms with van der Waals surface area (Å²) in [6.45, 7) is 1.74. The minimum absolute atomic E-state index is 0.0155. The maximum atomic E-state index is 13.5. The number of aromatic nitrogens is 4. The fraction of sp³-hybridized carbons (Fsp3) is 0.188. The van der Waals surface area contributed by atoms with Crippen LogP contribution >= 0.6 is 11.8 Å². The molecule has 0 bridgehead atoms. The van der Waals surface area contributed by atoms with Gasteiger partial charge in [0.05, 0.1) is 11.1 Å². The molecule has 128 valence electrons. The predicted octanol–water partition coefficient (Wildman–Crippen LogP) is 2.41. The molecule has 1 amide bonds. The normalized spacial score (nSPS) is 10.8. The van der Waals surface area contributed by atoms with E-state index in [0.29, 0.717) is 21.9 Å². The number of hydrogen-bond acceptors (Lipinski definition) is 6. The van der Waals surface area contributed by atoms with Crippen LogP contribution in [-0.4, -0.2) is 31.6 Å². The minimum Gasteiger partial charge on any atom is -0.351 e. The predicted molar refractivity (Wildman–Crippen MR) is 88.8 cm³/mol. The van der Waals surface area contributed by atoms with Crippen LogP contribution in [0.15, 0.2) is 35.7 Å². The van der Waals surface area contributed by atoms with Crippen molar-refractivity contribution in [1.82, 2.24) is 25.3 Å². The van der Waals surface area contributed by atoms with Gasteiger partial charge >= 0.3 is 0 Å². The second-order valence-corrected chi connectivity index (χ2v) is 6.10. The highest BCUT2D eigenvalue weighted by molar-refractivity contribution is 8.00. The second kappa shape index (κ2) is 7.47. The van der Waals surface area contributed by atoms with Crippen LogP contribution in [0.2, 0.25) is 0 Å². The third-order valence-corrected chi connectivity index (χ3v) is 4.31. The van der Waals surface area contributed by atoms with Gasteiger partial charge in [-0.25, -0.2) is 28.7 Å². The highest BCUT2D eigenvalue weighted by atomic mass is 32.2. The van der Waals surface area contributed by atoms with Gasteiger partial charge in [0.25, 0.3) is 0 Å². The summed E-state index contributed by atoms with van der Waals surface area (Å²) in [6, 6.07) is 3.23. The lowest BCUT2D eigenvalue weighted by molar-refractivity contribution is -0.118. The lowest BCUT2D eigenvalue weighted by Crippen LogP contribution is -2.25. The van der Waals surface area contributed by atoms with E-state index < -0.39 is 11.6 Å². The molecule has 0 atom stereocenters. The summed E-state index contributed by atoms with van der Waals surface area (Å²) in [4.78, 5) is 28.5. The molecular formula is C16H13F2N5OS. The Morgan fingerprint density at radius 1 is 1.24 bits per heavy atom. The number of nitrogens with one attached hydrogen (secondary N) is 1. The molecule has 1 aromatic carbocycles. The lowest BCUT2D eigenvalue weighted by atomic mass is 10.2. The Morgan fingerprint density at radius 2 is 2.08 bits per heavy atom. The van der Waals surface area contributed by atoms with E-state index in [0.717, 1.165) is 12.1 Å². The molecule has 9 heteroatoms. The second-order valence-electron chi connectivity index (χ2n) is 5.13. The van der Waals surface area contributed by atoms with Gasteiger partial charge in [0.2, 0.25) is 5.91 Å². The van der Waals surface area contributed by atoms with E-state index in [1.165, 1.54) is 24.2 Å². The molecule has 25 heavy (non-hydrogen) atoms.